The molecule has 0 bridgehead atoms. The lowest BCUT2D eigenvalue weighted by Gasteiger charge is -2.37. The average Bonchev–Trinajstić information content (AvgIpc) is 3.49. The van der Waals surface area contributed by atoms with E-state index in [1.807, 2.05) is 19.1 Å². The fraction of sp³-hybridized carbons (Fsp3) is 0.478. The molecule has 32 heavy (non-hydrogen) atoms. The summed E-state index contributed by atoms with van der Waals surface area (Å²) in [4.78, 5) is 30.7. The first kappa shape index (κ1) is 21.2. The largest absolute Gasteiger partial charge is 0.454 e. The summed E-state index contributed by atoms with van der Waals surface area (Å²) >= 11 is 1.50. The fourth-order valence-corrected chi connectivity index (χ4v) is 6.04. The van der Waals surface area contributed by atoms with E-state index in [-0.39, 0.29) is 18.7 Å². The first-order chi connectivity index (χ1) is 15.5. The molecule has 170 valence electrons. The van der Waals surface area contributed by atoms with Gasteiger partial charge in [0.25, 0.3) is 5.91 Å². The Balaban J connectivity index is 1.16. The molecule has 3 aliphatic rings. The molecule has 9 heteroatoms. The van der Waals surface area contributed by atoms with Gasteiger partial charge in [0, 0.05) is 37.6 Å². The van der Waals surface area contributed by atoms with E-state index in [0.29, 0.717) is 10.6 Å². The smallest absolute Gasteiger partial charge is 0.251 e. The molecule has 8 nitrogen and oxygen atoms in total. The number of hydrogen-bond acceptors (Lipinski definition) is 7. The number of carbonyl (C=O) groups is 2. The van der Waals surface area contributed by atoms with Crippen LogP contribution in [-0.2, 0) is 24.2 Å². The number of carbonyl (C=O) groups excluding carboxylic acids is 2. The van der Waals surface area contributed by atoms with Crippen molar-refractivity contribution < 1.29 is 19.1 Å². The number of rotatable bonds is 6. The number of piperazine rings is 1. The highest BCUT2D eigenvalue weighted by atomic mass is 32.1. The molecule has 2 aliphatic heterocycles. The molecule has 1 atom stereocenters. The topological polar surface area (TPSA) is 97.1 Å². The number of aryl methyl sites for hydroxylation is 1. The Bertz CT molecular complexity index is 1040. The van der Waals surface area contributed by atoms with Gasteiger partial charge in [-0.05, 0) is 49.4 Å². The van der Waals surface area contributed by atoms with Crippen molar-refractivity contribution in [2.24, 2.45) is 5.73 Å². The highest BCUT2D eigenvalue weighted by molar-refractivity contribution is 7.17. The molecule has 2 aromatic rings. The lowest BCUT2D eigenvalue weighted by atomic mass is 10.1. The second-order valence-electron chi connectivity index (χ2n) is 8.59. The number of ether oxygens (including phenoxy) is 2. The van der Waals surface area contributed by atoms with Crippen LogP contribution in [0.15, 0.2) is 18.2 Å². The standard InChI is InChI=1S/C23H28N4O4S/c1-14(22(29)25-23-20(21(24)28)16-3-2-4-19(16)32-23)27-9-7-26(8-10-27)12-15-5-6-17-18(11-15)31-13-30-17/h5-6,11,14H,2-4,7-10,12-13H2,1H3,(H2,24,28)(H,25,29)/t14-/m1/s1. The predicted molar refractivity (Wildman–Crippen MR) is 122 cm³/mol. The fourth-order valence-electron chi connectivity index (χ4n) is 4.74. The summed E-state index contributed by atoms with van der Waals surface area (Å²) in [5.74, 6) is 1.07. The van der Waals surface area contributed by atoms with Gasteiger partial charge in [0.05, 0.1) is 11.6 Å². The Morgan fingerprint density at radius 1 is 1.16 bits per heavy atom. The molecule has 3 heterocycles. The number of primary amides is 1. The van der Waals surface area contributed by atoms with Crippen molar-refractivity contribution in [3.63, 3.8) is 0 Å². The zero-order valence-corrected chi connectivity index (χ0v) is 19.0. The van der Waals surface area contributed by atoms with Gasteiger partial charge in [-0.15, -0.1) is 11.3 Å². The Morgan fingerprint density at radius 2 is 1.94 bits per heavy atom. The summed E-state index contributed by atoms with van der Waals surface area (Å²) in [6.45, 7) is 6.43. The van der Waals surface area contributed by atoms with Crippen molar-refractivity contribution in [1.29, 1.82) is 0 Å². The lowest BCUT2D eigenvalue weighted by Crippen LogP contribution is -2.52. The Hall–Kier alpha value is -2.62. The van der Waals surface area contributed by atoms with Crippen LogP contribution in [0.5, 0.6) is 11.5 Å². The van der Waals surface area contributed by atoms with Crippen LogP contribution in [-0.4, -0.2) is 60.6 Å². The third-order valence-corrected chi connectivity index (χ3v) is 7.79. The summed E-state index contributed by atoms with van der Waals surface area (Å²) in [5, 5.41) is 3.60. The van der Waals surface area contributed by atoms with Gasteiger partial charge in [-0.1, -0.05) is 6.07 Å². The molecule has 1 fully saturated rings. The van der Waals surface area contributed by atoms with Crippen LogP contribution in [0, 0.1) is 0 Å². The van der Waals surface area contributed by atoms with Gasteiger partial charge in [-0.3, -0.25) is 19.4 Å². The number of amides is 2. The van der Waals surface area contributed by atoms with Gasteiger partial charge in [0.2, 0.25) is 12.7 Å². The molecule has 2 amide bonds. The zero-order chi connectivity index (χ0) is 22.2. The highest BCUT2D eigenvalue weighted by Gasteiger charge is 2.30. The van der Waals surface area contributed by atoms with E-state index in [0.717, 1.165) is 69.0 Å². The van der Waals surface area contributed by atoms with E-state index < -0.39 is 5.91 Å². The maximum Gasteiger partial charge on any atom is 0.251 e. The molecule has 1 saturated heterocycles. The average molecular weight is 457 g/mol. The van der Waals surface area contributed by atoms with Crippen molar-refractivity contribution in [1.82, 2.24) is 9.80 Å². The molecule has 0 spiro atoms. The number of thiophene rings is 1. The molecule has 1 aromatic carbocycles. The van der Waals surface area contributed by atoms with Gasteiger partial charge < -0.3 is 20.5 Å². The van der Waals surface area contributed by atoms with E-state index in [9.17, 15) is 9.59 Å². The van der Waals surface area contributed by atoms with Crippen LogP contribution >= 0.6 is 11.3 Å². The Labute approximate surface area is 191 Å². The zero-order valence-electron chi connectivity index (χ0n) is 18.2. The number of nitrogens with one attached hydrogen (secondary N) is 1. The van der Waals surface area contributed by atoms with E-state index in [4.69, 9.17) is 15.2 Å². The number of fused-ring (bicyclic) bond motifs is 2. The molecule has 0 unspecified atom stereocenters. The summed E-state index contributed by atoms with van der Waals surface area (Å²) in [5.41, 5.74) is 8.35. The molecule has 1 aliphatic carbocycles. The van der Waals surface area contributed by atoms with Crippen LogP contribution < -0.4 is 20.5 Å². The first-order valence-electron chi connectivity index (χ1n) is 11.1. The number of hydrogen-bond donors (Lipinski definition) is 2. The van der Waals surface area contributed by atoms with Crippen molar-refractivity contribution in [2.45, 2.75) is 38.8 Å². The summed E-state index contributed by atoms with van der Waals surface area (Å²) in [6.07, 6.45) is 2.86. The maximum atomic E-state index is 13.0. The van der Waals surface area contributed by atoms with Crippen molar-refractivity contribution >= 4 is 28.2 Å². The van der Waals surface area contributed by atoms with E-state index in [1.54, 1.807) is 0 Å². The van der Waals surface area contributed by atoms with Gasteiger partial charge in [-0.25, -0.2) is 0 Å². The van der Waals surface area contributed by atoms with E-state index >= 15 is 0 Å². The van der Waals surface area contributed by atoms with Gasteiger partial charge in [-0.2, -0.15) is 0 Å². The van der Waals surface area contributed by atoms with Gasteiger partial charge in [0.15, 0.2) is 11.5 Å². The molecule has 1 aromatic heterocycles. The van der Waals surface area contributed by atoms with E-state index in [1.165, 1.54) is 21.8 Å². The van der Waals surface area contributed by atoms with Crippen LogP contribution in [0.3, 0.4) is 0 Å². The number of anilines is 1. The minimum absolute atomic E-state index is 0.0864. The normalized spacial score (nSPS) is 19.0. The lowest BCUT2D eigenvalue weighted by molar-refractivity contribution is -0.121. The minimum Gasteiger partial charge on any atom is -0.454 e. The quantitative estimate of drug-likeness (QED) is 0.692. The number of nitrogens with zero attached hydrogens (tertiary/aromatic N) is 2. The molecule has 5 rings (SSSR count). The van der Waals surface area contributed by atoms with Crippen LogP contribution in [0.1, 0.15) is 39.7 Å². The maximum absolute atomic E-state index is 13.0. The first-order valence-corrected chi connectivity index (χ1v) is 11.9. The second-order valence-corrected chi connectivity index (χ2v) is 9.70. The van der Waals surface area contributed by atoms with Crippen molar-refractivity contribution in [3.8, 4) is 11.5 Å². The molecule has 3 N–H and O–H groups in total. The van der Waals surface area contributed by atoms with E-state index in [2.05, 4.69) is 21.2 Å². The number of benzene rings is 1. The Kier molecular flexibility index (Phi) is 5.79. The Morgan fingerprint density at radius 3 is 2.72 bits per heavy atom. The minimum atomic E-state index is -0.454. The second kappa shape index (κ2) is 8.73. The highest BCUT2D eigenvalue weighted by Crippen LogP contribution is 2.39. The monoisotopic (exact) mass is 456 g/mol. The number of nitrogens with two attached hydrogens (primary N) is 1. The third-order valence-electron chi connectivity index (χ3n) is 6.58. The van der Waals surface area contributed by atoms with Gasteiger partial charge >= 0.3 is 0 Å². The summed E-state index contributed by atoms with van der Waals surface area (Å²) < 4.78 is 10.9. The van der Waals surface area contributed by atoms with Crippen LogP contribution in [0.2, 0.25) is 0 Å². The van der Waals surface area contributed by atoms with Crippen molar-refractivity contribution in [3.05, 3.63) is 39.8 Å². The molecule has 0 radical (unpaired) electrons. The summed E-state index contributed by atoms with van der Waals surface area (Å²) in [6, 6.07) is 5.80. The van der Waals surface area contributed by atoms with Crippen LogP contribution in [0.4, 0.5) is 5.00 Å². The predicted octanol–water partition coefficient (Wildman–Crippen LogP) is 2.21. The SMILES string of the molecule is C[C@H](C(=O)Nc1sc2c(c1C(N)=O)CCC2)N1CCN(Cc2ccc3c(c2)OCO3)CC1. The summed E-state index contributed by atoms with van der Waals surface area (Å²) in [7, 11) is 0. The van der Waals surface area contributed by atoms with Crippen molar-refractivity contribution in [2.75, 3.05) is 38.3 Å². The third kappa shape index (κ3) is 4.07. The molecular formula is C23H28N4O4S. The molecular weight excluding hydrogens is 428 g/mol. The molecule has 0 saturated carbocycles. The van der Waals surface area contributed by atoms with Gasteiger partial charge in [0.1, 0.15) is 5.00 Å². The van der Waals surface area contributed by atoms with Crippen LogP contribution in [0.25, 0.3) is 0 Å².